The van der Waals surface area contributed by atoms with Crippen molar-refractivity contribution in [3.05, 3.63) is 0 Å². The fourth-order valence-electron chi connectivity index (χ4n) is 1.37. The second kappa shape index (κ2) is 8.43. The summed E-state index contributed by atoms with van der Waals surface area (Å²) in [6, 6.07) is -0.223. The second-order valence-corrected chi connectivity index (χ2v) is 3.86. The van der Waals surface area contributed by atoms with E-state index in [1.807, 2.05) is 0 Å². The van der Waals surface area contributed by atoms with Gasteiger partial charge in [-0.15, -0.1) is 0 Å². The Morgan fingerprint density at radius 2 is 1.67 bits per heavy atom. The molecule has 1 amide bonds. The van der Waals surface area contributed by atoms with Crippen LogP contribution in [0.3, 0.4) is 0 Å². The van der Waals surface area contributed by atoms with E-state index < -0.39 is 30.9 Å². The molecular weight excluding hydrogens is 244 g/mol. The Morgan fingerprint density at radius 3 is 2.06 bits per heavy atom. The number of carbonyl (C=O) groups is 3. The van der Waals surface area contributed by atoms with E-state index in [0.717, 1.165) is 4.90 Å². The van der Waals surface area contributed by atoms with Crippen LogP contribution in [0, 0.1) is 0 Å². The van der Waals surface area contributed by atoms with Gasteiger partial charge in [-0.05, 0) is 6.92 Å². The van der Waals surface area contributed by atoms with Crippen LogP contribution >= 0.6 is 0 Å². The third-order valence-electron chi connectivity index (χ3n) is 1.91. The van der Waals surface area contributed by atoms with Gasteiger partial charge in [0.2, 0.25) is 5.91 Å². The van der Waals surface area contributed by atoms with Crippen LogP contribution in [0.1, 0.15) is 6.92 Å². The number of nitrogens with zero attached hydrogens (tertiary/aromatic N) is 1. The SMILES string of the molecule is COCC(C)NC(=O)CN(CC(=O)O)CC(=O)O. The first-order valence-corrected chi connectivity index (χ1v) is 5.29. The van der Waals surface area contributed by atoms with Crippen LogP contribution in [0.4, 0.5) is 0 Å². The molecule has 3 N–H and O–H groups in total. The zero-order valence-electron chi connectivity index (χ0n) is 10.4. The quantitative estimate of drug-likeness (QED) is 0.468. The lowest BCUT2D eigenvalue weighted by molar-refractivity contribution is -0.142. The Hall–Kier alpha value is -1.67. The van der Waals surface area contributed by atoms with Gasteiger partial charge in [-0.3, -0.25) is 19.3 Å². The molecule has 0 heterocycles. The third-order valence-corrected chi connectivity index (χ3v) is 1.91. The highest BCUT2D eigenvalue weighted by molar-refractivity contribution is 5.80. The summed E-state index contributed by atoms with van der Waals surface area (Å²) in [6.07, 6.45) is 0. The van der Waals surface area contributed by atoms with Crippen LogP contribution in [0.2, 0.25) is 0 Å². The molecule has 18 heavy (non-hydrogen) atoms. The molecule has 1 atom stereocenters. The zero-order valence-corrected chi connectivity index (χ0v) is 10.4. The van der Waals surface area contributed by atoms with Crippen LogP contribution in [0.25, 0.3) is 0 Å². The maximum absolute atomic E-state index is 11.5. The van der Waals surface area contributed by atoms with Crippen molar-refractivity contribution in [1.82, 2.24) is 10.2 Å². The Balaban J connectivity index is 4.25. The van der Waals surface area contributed by atoms with Gasteiger partial charge in [0.25, 0.3) is 0 Å². The molecule has 0 spiro atoms. The van der Waals surface area contributed by atoms with Crippen molar-refractivity contribution in [1.29, 1.82) is 0 Å². The molecule has 0 rings (SSSR count). The van der Waals surface area contributed by atoms with Crippen LogP contribution in [0.15, 0.2) is 0 Å². The summed E-state index contributed by atoms with van der Waals surface area (Å²) in [5.41, 5.74) is 0. The minimum absolute atomic E-state index is 0.223. The molecule has 0 fully saturated rings. The van der Waals surface area contributed by atoms with Gasteiger partial charge >= 0.3 is 11.9 Å². The number of methoxy groups -OCH3 is 1. The van der Waals surface area contributed by atoms with E-state index in [-0.39, 0.29) is 12.6 Å². The summed E-state index contributed by atoms with van der Waals surface area (Å²) in [4.78, 5) is 33.6. The first-order valence-electron chi connectivity index (χ1n) is 5.29. The van der Waals surface area contributed by atoms with Gasteiger partial charge in [0.05, 0.1) is 26.2 Å². The number of ether oxygens (including phenoxy) is 1. The highest BCUT2D eigenvalue weighted by atomic mass is 16.5. The number of rotatable bonds is 9. The molecule has 0 aromatic heterocycles. The van der Waals surface area contributed by atoms with Crippen molar-refractivity contribution < 1.29 is 29.3 Å². The van der Waals surface area contributed by atoms with E-state index >= 15 is 0 Å². The number of carbonyl (C=O) groups excluding carboxylic acids is 1. The Bertz CT molecular complexity index is 291. The van der Waals surface area contributed by atoms with Crippen molar-refractivity contribution in [3.8, 4) is 0 Å². The highest BCUT2D eigenvalue weighted by Crippen LogP contribution is 1.90. The largest absolute Gasteiger partial charge is 0.480 e. The zero-order chi connectivity index (χ0) is 14.1. The van der Waals surface area contributed by atoms with E-state index in [1.165, 1.54) is 7.11 Å². The van der Waals surface area contributed by atoms with Crippen LogP contribution < -0.4 is 5.32 Å². The molecule has 0 saturated heterocycles. The van der Waals surface area contributed by atoms with E-state index in [4.69, 9.17) is 14.9 Å². The van der Waals surface area contributed by atoms with Gasteiger partial charge in [0.15, 0.2) is 0 Å². The number of nitrogens with one attached hydrogen (secondary N) is 1. The maximum atomic E-state index is 11.5. The first-order chi connectivity index (χ1) is 8.35. The number of carboxylic acid groups (broad SMARTS) is 2. The average molecular weight is 262 g/mol. The van der Waals surface area contributed by atoms with Gasteiger partial charge in [-0.2, -0.15) is 0 Å². The van der Waals surface area contributed by atoms with Gasteiger partial charge in [0.1, 0.15) is 0 Å². The lowest BCUT2D eigenvalue weighted by Crippen LogP contribution is -2.45. The van der Waals surface area contributed by atoms with Crippen LogP contribution in [0.5, 0.6) is 0 Å². The van der Waals surface area contributed by atoms with E-state index in [1.54, 1.807) is 6.92 Å². The molecule has 8 heteroatoms. The van der Waals surface area contributed by atoms with E-state index in [9.17, 15) is 14.4 Å². The number of amides is 1. The third kappa shape index (κ3) is 8.48. The van der Waals surface area contributed by atoms with Crippen LogP contribution in [-0.4, -0.2) is 72.4 Å². The van der Waals surface area contributed by atoms with Crippen molar-refractivity contribution in [2.45, 2.75) is 13.0 Å². The number of hydrogen-bond donors (Lipinski definition) is 3. The number of hydrogen-bond acceptors (Lipinski definition) is 5. The Morgan fingerprint density at radius 1 is 1.17 bits per heavy atom. The molecular formula is C10H18N2O6. The van der Waals surface area contributed by atoms with Gasteiger partial charge in [0, 0.05) is 13.2 Å². The lowest BCUT2D eigenvalue weighted by atomic mass is 10.3. The summed E-state index contributed by atoms with van der Waals surface area (Å²) in [6.45, 7) is 0.757. The van der Waals surface area contributed by atoms with Gasteiger partial charge in [-0.1, -0.05) is 0 Å². The Kier molecular flexibility index (Phi) is 7.64. The van der Waals surface area contributed by atoms with Crippen molar-refractivity contribution in [3.63, 3.8) is 0 Å². The fourth-order valence-corrected chi connectivity index (χ4v) is 1.37. The predicted octanol–water partition coefficient (Wildman–Crippen LogP) is -1.39. The summed E-state index contributed by atoms with van der Waals surface area (Å²) in [5, 5.41) is 19.7. The topological polar surface area (TPSA) is 116 Å². The molecule has 0 radical (unpaired) electrons. The monoisotopic (exact) mass is 262 g/mol. The molecule has 0 aliphatic heterocycles. The first kappa shape index (κ1) is 16.3. The average Bonchev–Trinajstić information content (AvgIpc) is 2.14. The van der Waals surface area contributed by atoms with E-state index in [0.29, 0.717) is 6.61 Å². The smallest absolute Gasteiger partial charge is 0.317 e. The van der Waals surface area contributed by atoms with Crippen molar-refractivity contribution >= 4 is 17.8 Å². The standard InChI is InChI=1S/C10H18N2O6/c1-7(6-18-2)11-8(13)3-12(4-9(14)15)5-10(16)17/h7H,3-6H2,1-2H3,(H,11,13)(H,14,15)(H,16,17). The highest BCUT2D eigenvalue weighted by Gasteiger charge is 2.17. The molecule has 1 unspecified atom stereocenters. The minimum atomic E-state index is -1.19. The summed E-state index contributed by atoms with van der Waals surface area (Å²) in [5.74, 6) is -2.81. The molecule has 0 aromatic carbocycles. The lowest BCUT2D eigenvalue weighted by Gasteiger charge is -2.19. The molecule has 0 aliphatic carbocycles. The fraction of sp³-hybridized carbons (Fsp3) is 0.700. The second-order valence-electron chi connectivity index (χ2n) is 3.86. The predicted molar refractivity (Wildman–Crippen MR) is 61.2 cm³/mol. The summed E-state index contributed by atoms with van der Waals surface area (Å²) >= 11 is 0. The molecule has 0 aliphatic rings. The molecule has 0 saturated carbocycles. The summed E-state index contributed by atoms with van der Waals surface area (Å²) < 4.78 is 4.82. The molecule has 0 aromatic rings. The maximum Gasteiger partial charge on any atom is 0.317 e. The molecule has 8 nitrogen and oxygen atoms in total. The summed E-state index contributed by atoms with van der Waals surface area (Å²) in [7, 11) is 1.49. The van der Waals surface area contributed by atoms with Crippen LogP contribution in [-0.2, 0) is 19.1 Å². The van der Waals surface area contributed by atoms with Crippen molar-refractivity contribution in [2.75, 3.05) is 33.4 Å². The number of carboxylic acids is 2. The Labute approximate surface area is 105 Å². The van der Waals surface area contributed by atoms with Gasteiger partial charge < -0.3 is 20.3 Å². The van der Waals surface area contributed by atoms with E-state index in [2.05, 4.69) is 5.32 Å². The van der Waals surface area contributed by atoms with Gasteiger partial charge in [-0.25, -0.2) is 0 Å². The number of aliphatic carboxylic acids is 2. The molecule has 104 valence electrons. The normalized spacial score (nSPS) is 12.2. The minimum Gasteiger partial charge on any atom is -0.480 e. The molecule has 0 bridgehead atoms. The van der Waals surface area contributed by atoms with Crippen molar-refractivity contribution in [2.24, 2.45) is 0 Å².